The van der Waals surface area contributed by atoms with Gasteiger partial charge in [-0.05, 0) is 75.2 Å². The monoisotopic (exact) mass is 434 g/mol. The molecule has 0 bridgehead atoms. The van der Waals surface area contributed by atoms with Gasteiger partial charge in [0, 0.05) is 12.7 Å². The molecule has 0 spiro atoms. The van der Waals surface area contributed by atoms with Crippen molar-refractivity contribution in [1.29, 1.82) is 0 Å². The average Bonchev–Trinajstić information content (AvgIpc) is 3.49. The molecule has 1 saturated carbocycles. The lowest BCUT2D eigenvalue weighted by molar-refractivity contribution is 0.00578. The Balaban J connectivity index is 1.46. The Morgan fingerprint density at radius 1 is 1.16 bits per heavy atom. The van der Waals surface area contributed by atoms with Crippen molar-refractivity contribution in [3.8, 4) is 0 Å². The number of amides is 1. The Bertz CT molecular complexity index is 1100. The van der Waals surface area contributed by atoms with Crippen LogP contribution < -0.4 is 10.9 Å². The summed E-state index contributed by atoms with van der Waals surface area (Å²) in [7, 11) is -0.426. The van der Waals surface area contributed by atoms with Crippen LogP contribution in [0.1, 0.15) is 79.6 Å². The van der Waals surface area contributed by atoms with Gasteiger partial charge in [0.1, 0.15) is 0 Å². The third-order valence-electron chi connectivity index (χ3n) is 7.73. The van der Waals surface area contributed by atoms with Crippen LogP contribution in [0.2, 0.25) is 0 Å². The second-order valence-electron chi connectivity index (χ2n) is 10.3. The first kappa shape index (κ1) is 19.8. The Hall–Kier alpha value is -1.82. The summed E-state index contributed by atoms with van der Waals surface area (Å²) < 4.78 is 12.7. The summed E-state index contributed by atoms with van der Waals surface area (Å²) in [5, 5.41) is 0. The van der Waals surface area contributed by atoms with E-state index in [1.807, 2.05) is 17.0 Å². The van der Waals surface area contributed by atoms with E-state index in [1.165, 1.54) is 24.0 Å². The fraction of sp³-hybridized carbons (Fsp3) is 0.478. The predicted octanol–water partition coefficient (Wildman–Crippen LogP) is 2.95. The lowest BCUT2D eigenvalue weighted by atomic mass is 9.54. The van der Waals surface area contributed by atoms with Crippen LogP contribution in [0.4, 0.5) is 0 Å². The molecular weight excluding hydrogens is 409 g/mol. The summed E-state index contributed by atoms with van der Waals surface area (Å²) in [6.07, 6.45) is 3.73. The summed E-state index contributed by atoms with van der Waals surface area (Å²) in [5.41, 5.74) is 5.25. The molecule has 1 aromatic heterocycles. The van der Waals surface area contributed by atoms with E-state index < -0.39 is 18.3 Å². The normalized spacial score (nSPS) is 25.5. The zero-order valence-corrected chi connectivity index (χ0v) is 19.1. The molecule has 5 nitrogen and oxygen atoms in total. The molecule has 1 aliphatic carbocycles. The molecule has 2 aromatic rings. The van der Waals surface area contributed by atoms with Gasteiger partial charge in [0.15, 0.2) is 0 Å². The Morgan fingerprint density at radius 2 is 1.87 bits per heavy atom. The Labute approximate surface area is 188 Å². The molecule has 31 heavy (non-hydrogen) atoms. The maximum absolute atomic E-state index is 13.1. The fourth-order valence-corrected chi connectivity index (χ4v) is 5.56. The quantitative estimate of drug-likeness (QED) is 0.682. The van der Waals surface area contributed by atoms with Crippen LogP contribution in [0, 0.1) is 0 Å². The minimum atomic E-state index is -0.426. The summed E-state index contributed by atoms with van der Waals surface area (Å²) in [6.45, 7) is 8.86. The zero-order valence-electron chi connectivity index (χ0n) is 18.3. The number of carbonyl (C=O) groups excluding carboxylic acids is 1. The molecule has 1 aromatic carbocycles. The van der Waals surface area contributed by atoms with Gasteiger partial charge >= 0.3 is 13.2 Å². The summed E-state index contributed by atoms with van der Waals surface area (Å²) in [6, 6.07) is 8.05. The van der Waals surface area contributed by atoms with Crippen molar-refractivity contribution in [3.05, 3.63) is 52.8 Å². The summed E-state index contributed by atoms with van der Waals surface area (Å²) in [5.74, 6) is 0.314. The fourth-order valence-electron chi connectivity index (χ4n) is 5.11. The third-order valence-corrected chi connectivity index (χ3v) is 8.21. The van der Waals surface area contributed by atoms with E-state index in [0.29, 0.717) is 18.0 Å². The van der Waals surface area contributed by atoms with Crippen molar-refractivity contribution in [3.63, 3.8) is 0 Å². The molecule has 0 radical (unpaired) electrons. The first-order valence-corrected chi connectivity index (χ1v) is 11.5. The van der Waals surface area contributed by atoms with E-state index in [0.717, 1.165) is 16.6 Å². The van der Waals surface area contributed by atoms with Crippen molar-refractivity contribution >= 4 is 41.5 Å². The van der Waals surface area contributed by atoms with Crippen LogP contribution in [-0.4, -0.2) is 40.2 Å². The van der Waals surface area contributed by atoms with Gasteiger partial charge in [-0.3, -0.25) is 9.78 Å². The largest absolute Gasteiger partial charge is 0.494 e. The highest BCUT2D eigenvalue weighted by Gasteiger charge is 2.53. The third kappa shape index (κ3) is 2.79. The van der Waals surface area contributed by atoms with Crippen LogP contribution in [-0.2, 0) is 15.9 Å². The highest BCUT2D eigenvalue weighted by molar-refractivity contribution is 7.15. The molecule has 158 valence electrons. The molecule has 1 atom stereocenters. The number of halogens is 1. The Kier molecular flexibility index (Phi) is 4.07. The van der Waals surface area contributed by atoms with Crippen molar-refractivity contribution in [1.82, 2.24) is 9.88 Å². The number of benzene rings is 1. The van der Waals surface area contributed by atoms with Crippen molar-refractivity contribution in [2.75, 3.05) is 0 Å². The van der Waals surface area contributed by atoms with Crippen LogP contribution >= 0.6 is 11.5 Å². The second kappa shape index (κ2) is 6.37. The highest BCUT2D eigenvalue weighted by atomic mass is 35.5. The van der Waals surface area contributed by atoms with Crippen LogP contribution in [0.5, 0.6) is 0 Å². The summed E-state index contributed by atoms with van der Waals surface area (Å²) >= 11 is 7.11. The van der Waals surface area contributed by atoms with E-state index in [1.54, 1.807) is 6.20 Å². The van der Waals surface area contributed by atoms with E-state index in [-0.39, 0.29) is 18.0 Å². The van der Waals surface area contributed by atoms with E-state index in [2.05, 4.69) is 44.8 Å². The van der Waals surface area contributed by atoms with Gasteiger partial charge in [-0.25, -0.2) is 0 Å². The maximum Gasteiger partial charge on any atom is 0.494 e. The number of pyridine rings is 1. The molecule has 2 fully saturated rings. The van der Waals surface area contributed by atoms with Gasteiger partial charge in [0.2, 0.25) is 0 Å². The maximum atomic E-state index is 13.1. The molecule has 8 heteroatoms. The highest BCUT2D eigenvalue weighted by Crippen LogP contribution is 2.45. The van der Waals surface area contributed by atoms with Gasteiger partial charge in [-0.15, -0.1) is 0 Å². The molecule has 4 aliphatic rings. The number of nitrogens with zero attached hydrogens (tertiary/aromatic N) is 2. The van der Waals surface area contributed by atoms with E-state index in [4.69, 9.17) is 20.8 Å². The predicted molar refractivity (Wildman–Crippen MR) is 122 cm³/mol. The number of aromatic nitrogens is 1. The van der Waals surface area contributed by atoms with Crippen LogP contribution in [0.25, 0.3) is 0 Å². The van der Waals surface area contributed by atoms with Crippen molar-refractivity contribution < 1.29 is 14.1 Å². The smallest absolute Gasteiger partial charge is 0.399 e. The van der Waals surface area contributed by atoms with E-state index in [9.17, 15) is 4.79 Å². The van der Waals surface area contributed by atoms with Gasteiger partial charge in [-0.2, -0.15) is 11.5 Å². The zero-order chi connectivity index (χ0) is 21.7. The minimum Gasteiger partial charge on any atom is -0.399 e. The number of rotatable bonds is 2. The molecule has 1 amide bonds. The van der Waals surface area contributed by atoms with Crippen LogP contribution in [0.3, 0.4) is 0 Å². The van der Waals surface area contributed by atoms with E-state index >= 15 is 0 Å². The topological polar surface area (TPSA) is 51.7 Å². The number of hydrogen-bond acceptors (Lipinski definition) is 4. The van der Waals surface area contributed by atoms with Gasteiger partial charge in [-0.1, -0.05) is 17.6 Å². The standard InChI is InChI=1S/C23H25B2ClN2O3/c1-22(2)23(3,4)31-25(30-22)14-10-16(13-7-8-13)17-12-28-20(24(26)18(17)11-14)19-15(21(28)29)6-5-9-27-19/h5-6,9-11,13,20H,7-8,12H2,1-4H3. The summed E-state index contributed by atoms with van der Waals surface area (Å²) in [4.78, 5) is 19.5. The molecule has 0 N–H and O–H groups in total. The first-order chi connectivity index (χ1) is 14.7. The molecule has 6 rings (SSSR count). The van der Waals surface area contributed by atoms with Gasteiger partial charge in [0.25, 0.3) is 5.91 Å². The molecule has 4 heterocycles. The van der Waals surface area contributed by atoms with Crippen molar-refractivity contribution in [2.45, 2.75) is 70.1 Å². The van der Waals surface area contributed by atoms with Gasteiger partial charge in [0.05, 0.1) is 28.4 Å². The molecule has 1 unspecified atom stereocenters. The lowest BCUT2D eigenvalue weighted by Gasteiger charge is -2.35. The molecular formula is C23H25B2ClN2O3. The average molecular weight is 435 g/mol. The molecule has 3 aliphatic heterocycles. The Morgan fingerprint density at radius 3 is 2.55 bits per heavy atom. The van der Waals surface area contributed by atoms with Crippen LogP contribution in [0.15, 0.2) is 30.5 Å². The lowest BCUT2D eigenvalue weighted by Crippen LogP contribution is -2.51. The van der Waals surface area contributed by atoms with Gasteiger partial charge < -0.3 is 14.2 Å². The first-order valence-electron chi connectivity index (χ1n) is 11.1. The number of carbonyl (C=O) groups is 1. The SMILES string of the molecule is CC1(C)OB(c2cc3c(c(C4CC4)c2)CN2C(=O)c4cccnc4C2B3Cl)OC1(C)C. The molecule has 1 saturated heterocycles. The second-order valence-corrected chi connectivity index (χ2v) is 10.7. The number of hydrogen-bond donors (Lipinski definition) is 0. The minimum absolute atomic E-state index is 0.0289. The number of fused-ring (bicyclic) bond motifs is 4. The van der Waals surface area contributed by atoms with Crippen molar-refractivity contribution in [2.24, 2.45) is 0 Å².